The molecule has 0 amide bonds. The van der Waals surface area contributed by atoms with Gasteiger partial charge in [0.1, 0.15) is 11.7 Å². The monoisotopic (exact) mass is 292 g/mol. The largest absolute Gasteiger partial charge is 0.468 e. The van der Waals surface area contributed by atoms with Crippen molar-refractivity contribution in [3.8, 4) is 0 Å². The summed E-state index contributed by atoms with van der Waals surface area (Å²) in [6.45, 7) is 5.15. The van der Waals surface area contributed by atoms with Crippen molar-refractivity contribution in [2.45, 2.75) is 26.7 Å². The summed E-state index contributed by atoms with van der Waals surface area (Å²) in [4.78, 5) is 23.1. The lowest BCUT2D eigenvalue weighted by Crippen LogP contribution is -2.31. The van der Waals surface area contributed by atoms with E-state index in [9.17, 15) is 14.9 Å². The van der Waals surface area contributed by atoms with Crippen LogP contribution in [0.1, 0.15) is 32.4 Å². The van der Waals surface area contributed by atoms with Gasteiger partial charge >= 0.3 is 5.97 Å². The van der Waals surface area contributed by atoms with Gasteiger partial charge in [-0.25, -0.2) is 4.79 Å². The molecule has 2 heterocycles. The number of ether oxygens (including phenoxy) is 1. The number of hydrogen-bond donors (Lipinski definition) is 1. The fraction of sp³-hybridized carbons (Fsp3) is 0.357. The number of dihydropyridines is 1. The van der Waals surface area contributed by atoms with Gasteiger partial charge < -0.3 is 14.5 Å². The highest BCUT2D eigenvalue weighted by atomic mass is 16.6. The van der Waals surface area contributed by atoms with Crippen LogP contribution < -0.4 is 5.32 Å². The number of nitrogens with zero attached hydrogens (tertiary/aromatic N) is 1. The van der Waals surface area contributed by atoms with Crippen molar-refractivity contribution in [2.75, 3.05) is 6.61 Å². The molecule has 0 aliphatic carbocycles. The highest BCUT2D eigenvalue weighted by Crippen LogP contribution is 2.38. The van der Waals surface area contributed by atoms with E-state index in [1.54, 1.807) is 32.9 Å². The minimum atomic E-state index is -0.879. The van der Waals surface area contributed by atoms with Gasteiger partial charge in [0.05, 0.1) is 29.1 Å². The smallest absolute Gasteiger partial charge is 0.337 e. The molecule has 7 nitrogen and oxygen atoms in total. The van der Waals surface area contributed by atoms with Crippen molar-refractivity contribution in [1.82, 2.24) is 5.32 Å². The third-order valence-corrected chi connectivity index (χ3v) is 3.25. The molecular weight excluding hydrogens is 276 g/mol. The lowest BCUT2D eigenvalue weighted by atomic mass is 9.88. The van der Waals surface area contributed by atoms with E-state index in [2.05, 4.69) is 5.32 Å². The van der Waals surface area contributed by atoms with Crippen LogP contribution in [0.3, 0.4) is 0 Å². The molecule has 1 aromatic heterocycles. The summed E-state index contributed by atoms with van der Waals surface area (Å²) in [6.07, 6.45) is 1.42. The third-order valence-electron chi connectivity index (χ3n) is 3.25. The second-order valence-electron chi connectivity index (χ2n) is 4.60. The molecule has 0 saturated carbocycles. The topological polar surface area (TPSA) is 94.6 Å². The lowest BCUT2D eigenvalue weighted by Gasteiger charge is -2.24. The molecule has 0 saturated heterocycles. The summed E-state index contributed by atoms with van der Waals surface area (Å²) in [5.74, 6) is -1.13. The van der Waals surface area contributed by atoms with E-state index in [-0.39, 0.29) is 17.9 Å². The van der Waals surface area contributed by atoms with Crippen molar-refractivity contribution < 1.29 is 18.9 Å². The molecule has 21 heavy (non-hydrogen) atoms. The quantitative estimate of drug-likeness (QED) is 0.520. The van der Waals surface area contributed by atoms with Crippen LogP contribution in [-0.2, 0) is 9.53 Å². The Hall–Kier alpha value is -2.57. The second kappa shape index (κ2) is 5.82. The fourth-order valence-electron chi connectivity index (χ4n) is 2.44. The Balaban J connectivity index is 2.58. The molecule has 7 heteroatoms. The normalized spacial score (nSPS) is 18.5. The third kappa shape index (κ3) is 2.67. The van der Waals surface area contributed by atoms with Crippen LogP contribution in [0.4, 0.5) is 0 Å². The number of carbonyl (C=O) groups is 1. The maximum Gasteiger partial charge on any atom is 0.337 e. The minimum Gasteiger partial charge on any atom is -0.468 e. The summed E-state index contributed by atoms with van der Waals surface area (Å²) in [7, 11) is 0. The van der Waals surface area contributed by atoms with Gasteiger partial charge in [0, 0.05) is 5.70 Å². The predicted octanol–water partition coefficient (Wildman–Crippen LogP) is 2.31. The van der Waals surface area contributed by atoms with E-state index in [1.165, 1.54) is 6.26 Å². The number of nitrogens with one attached hydrogen (secondary N) is 1. The van der Waals surface area contributed by atoms with Crippen LogP contribution in [-0.4, -0.2) is 17.5 Å². The van der Waals surface area contributed by atoms with Crippen LogP contribution in [0.25, 0.3) is 0 Å². The molecule has 0 aromatic carbocycles. The van der Waals surface area contributed by atoms with Gasteiger partial charge in [-0.3, -0.25) is 10.1 Å². The summed E-state index contributed by atoms with van der Waals surface area (Å²) in [5.41, 5.74) is 0.993. The van der Waals surface area contributed by atoms with Gasteiger partial charge in [0.25, 0.3) is 5.70 Å². The van der Waals surface area contributed by atoms with Gasteiger partial charge in [-0.2, -0.15) is 0 Å². The molecular formula is C14H16N2O5. The number of hydrogen-bond acceptors (Lipinski definition) is 6. The summed E-state index contributed by atoms with van der Waals surface area (Å²) in [6, 6.07) is 3.24. The van der Waals surface area contributed by atoms with E-state index < -0.39 is 16.8 Å². The highest BCUT2D eigenvalue weighted by Gasteiger charge is 2.42. The Morgan fingerprint density at radius 3 is 2.71 bits per heavy atom. The van der Waals surface area contributed by atoms with Gasteiger partial charge in [-0.1, -0.05) is 0 Å². The Kier molecular flexibility index (Phi) is 4.11. The SMILES string of the molecule is CCOC(=O)C1=C(C)NC(C)=C([N+](=O)[O-])C1c1ccco1. The van der Waals surface area contributed by atoms with E-state index in [0.717, 1.165) is 0 Å². The highest BCUT2D eigenvalue weighted by molar-refractivity contribution is 5.92. The zero-order valence-electron chi connectivity index (χ0n) is 12.0. The van der Waals surface area contributed by atoms with Crippen molar-refractivity contribution in [2.24, 2.45) is 0 Å². The first kappa shape index (κ1) is 14.8. The zero-order chi connectivity index (χ0) is 15.6. The molecule has 112 valence electrons. The number of esters is 1. The molecule has 1 N–H and O–H groups in total. The van der Waals surface area contributed by atoms with E-state index >= 15 is 0 Å². The first-order valence-corrected chi connectivity index (χ1v) is 6.50. The standard InChI is InChI=1S/C14H16N2O5/c1-4-20-14(17)11-8(2)15-9(3)13(16(18)19)12(11)10-6-5-7-21-10/h5-7,12,15H,4H2,1-3H3. The fourth-order valence-corrected chi connectivity index (χ4v) is 2.44. The van der Waals surface area contributed by atoms with Gasteiger partial charge in [-0.05, 0) is 32.9 Å². The van der Waals surface area contributed by atoms with Crippen LogP contribution in [0.15, 0.2) is 45.5 Å². The number of rotatable bonds is 4. The Morgan fingerprint density at radius 2 is 2.19 bits per heavy atom. The van der Waals surface area contributed by atoms with Crippen LogP contribution in [0.2, 0.25) is 0 Å². The zero-order valence-corrected chi connectivity index (χ0v) is 12.0. The number of allylic oxidation sites excluding steroid dienone is 3. The number of furan rings is 1. The van der Waals surface area contributed by atoms with Crippen molar-refractivity contribution in [3.05, 3.63) is 56.9 Å². The molecule has 1 aromatic rings. The van der Waals surface area contributed by atoms with E-state index in [0.29, 0.717) is 17.2 Å². The van der Waals surface area contributed by atoms with E-state index in [1.807, 2.05) is 0 Å². The molecule has 1 aliphatic heterocycles. The van der Waals surface area contributed by atoms with Gasteiger partial charge in [0.2, 0.25) is 0 Å². The minimum absolute atomic E-state index is 0.112. The Bertz CT molecular complexity index is 628. The van der Waals surface area contributed by atoms with Crippen LogP contribution in [0.5, 0.6) is 0 Å². The molecule has 0 spiro atoms. The molecule has 0 bridgehead atoms. The average molecular weight is 292 g/mol. The van der Waals surface area contributed by atoms with Crippen molar-refractivity contribution in [3.63, 3.8) is 0 Å². The maximum atomic E-state index is 12.2. The molecule has 0 radical (unpaired) electrons. The average Bonchev–Trinajstić information content (AvgIpc) is 2.90. The Labute approximate surface area is 121 Å². The first-order valence-electron chi connectivity index (χ1n) is 6.50. The molecule has 1 atom stereocenters. The summed E-state index contributed by atoms with van der Waals surface area (Å²) >= 11 is 0. The first-order chi connectivity index (χ1) is 9.97. The lowest BCUT2D eigenvalue weighted by molar-refractivity contribution is -0.431. The van der Waals surface area contributed by atoms with Gasteiger partial charge in [0.15, 0.2) is 0 Å². The summed E-state index contributed by atoms with van der Waals surface area (Å²) < 4.78 is 10.3. The Morgan fingerprint density at radius 1 is 1.48 bits per heavy atom. The van der Waals surface area contributed by atoms with Crippen LogP contribution >= 0.6 is 0 Å². The van der Waals surface area contributed by atoms with Crippen molar-refractivity contribution >= 4 is 5.97 Å². The number of carbonyl (C=O) groups excluding carboxylic acids is 1. The predicted molar refractivity (Wildman–Crippen MR) is 73.6 cm³/mol. The van der Waals surface area contributed by atoms with Gasteiger partial charge in [-0.15, -0.1) is 0 Å². The number of nitro groups is 1. The molecule has 2 rings (SSSR count). The molecule has 1 unspecified atom stereocenters. The van der Waals surface area contributed by atoms with Crippen LogP contribution in [0, 0.1) is 10.1 Å². The maximum absolute atomic E-state index is 12.2. The van der Waals surface area contributed by atoms with Crippen molar-refractivity contribution in [1.29, 1.82) is 0 Å². The van der Waals surface area contributed by atoms with E-state index in [4.69, 9.17) is 9.15 Å². The summed E-state index contributed by atoms with van der Waals surface area (Å²) in [5, 5.41) is 14.3. The molecule has 1 aliphatic rings. The second-order valence-corrected chi connectivity index (χ2v) is 4.60. The molecule has 0 fully saturated rings.